The molecule has 1 N–H and O–H groups in total. The summed E-state index contributed by atoms with van der Waals surface area (Å²) in [4.78, 5) is 12.4. The number of hydrogen-bond donors (Lipinski definition) is 2. The monoisotopic (exact) mass is 239 g/mol. The maximum atomic E-state index is 11.7. The van der Waals surface area contributed by atoms with Crippen LogP contribution >= 0.6 is 12.6 Å². The average molecular weight is 239 g/mol. The number of nitrogens with one attached hydrogen (secondary N) is 1. The van der Waals surface area contributed by atoms with Crippen molar-refractivity contribution in [2.75, 3.05) is 19.8 Å². The number of rotatable bonds is 6. The Morgan fingerprint density at radius 1 is 1.44 bits per heavy atom. The van der Waals surface area contributed by atoms with E-state index in [4.69, 9.17) is 4.74 Å². The summed E-state index contributed by atoms with van der Waals surface area (Å²) >= 11 is 4.23. The first-order valence-corrected chi connectivity index (χ1v) is 5.84. The zero-order valence-corrected chi connectivity index (χ0v) is 10.3. The highest BCUT2D eigenvalue weighted by Gasteiger charge is 2.06. The molecule has 1 aromatic rings. The molecule has 0 spiro atoms. The number of ether oxygens (including phenoxy) is 1. The van der Waals surface area contributed by atoms with E-state index in [0.717, 1.165) is 6.42 Å². The van der Waals surface area contributed by atoms with Crippen molar-refractivity contribution in [2.45, 2.75) is 18.2 Å². The molecule has 0 aromatic heterocycles. The van der Waals surface area contributed by atoms with Crippen LogP contribution in [0.4, 0.5) is 0 Å². The number of amides is 1. The first-order valence-electron chi connectivity index (χ1n) is 5.39. The van der Waals surface area contributed by atoms with E-state index in [1.807, 2.05) is 19.1 Å². The van der Waals surface area contributed by atoms with E-state index in [9.17, 15) is 4.79 Å². The minimum Gasteiger partial charge on any atom is -0.382 e. The van der Waals surface area contributed by atoms with E-state index in [1.165, 1.54) is 0 Å². The average Bonchev–Trinajstić information content (AvgIpc) is 2.29. The Morgan fingerprint density at radius 2 is 2.19 bits per heavy atom. The number of carbonyl (C=O) groups excluding carboxylic acids is 1. The Kier molecular flexibility index (Phi) is 5.96. The molecular formula is C12H17NO2S. The van der Waals surface area contributed by atoms with E-state index >= 15 is 0 Å². The van der Waals surface area contributed by atoms with Gasteiger partial charge in [-0.05, 0) is 25.5 Å². The molecule has 88 valence electrons. The van der Waals surface area contributed by atoms with Gasteiger partial charge in [0.15, 0.2) is 0 Å². The lowest BCUT2D eigenvalue weighted by Gasteiger charge is -2.06. The Morgan fingerprint density at radius 3 is 2.88 bits per heavy atom. The SMILES string of the molecule is CCOCCCNC(=O)c1ccccc1S. The Hall–Kier alpha value is -1.00. The molecule has 0 aliphatic rings. The maximum absolute atomic E-state index is 11.7. The minimum absolute atomic E-state index is 0.0814. The molecule has 0 bridgehead atoms. The van der Waals surface area contributed by atoms with E-state index in [2.05, 4.69) is 17.9 Å². The molecule has 0 heterocycles. The Balaban J connectivity index is 2.33. The van der Waals surface area contributed by atoms with E-state index in [0.29, 0.717) is 30.2 Å². The van der Waals surface area contributed by atoms with Crippen LogP contribution in [0.1, 0.15) is 23.7 Å². The predicted molar refractivity (Wildman–Crippen MR) is 67.1 cm³/mol. The summed E-state index contributed by atoms with van der Waals surface area (Å²) in [6, 6.07) is 7.25. The van der Waals surface area contributed by atoms with E-state index in [-0.39, 0.29) is 5.91 Å². The van der Waals surface area contributed by atoms with Crippen molar-refractivity contribution >= 4 is 18.5 Å². The number of thiol groups is 1. The van der Waals surface area contributed by atoms with Gasteiger partial charge in [-0.3, -0.25) is 4.79 Å². The van der Waals surface area contributed by atoms with Crippen LogP contribution < -0.4 is 5.32 Å². The van der Waals surface area contributed by atoms with Gasteiger partial charge < -0.3 is 10.1 Å². The van der Waals surface area contributed by atoms with E-state index < -0.39 is 0 Å². The van der Waals surface area contributed by atoms with Gasteiger partial charge in [0.25, 0.3) is 5.91 Å². The van der Waals surface area contributed by atoms with Crippen molar-refractivity contribution in [2.24, 2.45) is 0 Å². The van der Waals surface area contributed by atoms with Gasteiger partial charge in [0, 0.05) is 24.7 Å². The third-order valence-corrected chi connectivity index (χ3v) is 2.49. The lowest BCUT2D eigenvalue weighted by molar-refractivity contribution is 0.0941. The summed E-state index contributed by atoms with van der Waals surface area (Å²) in [5.74, 6) is -0.0814. The molecule has 0 aliphatic heterocycles. The largest absolute Gasteiger partial charge is 0.382 e. The van der Waals surface area contributed by atoms with Gasteiger partial charge in [0.2, 0.25) is 0 Å². The summed E-state index contributed by atoms with van der Waals surface area (Å²) in [5.41, 5.74) is 0.613. The maximum Gasteiger partial charge on any atom is 0.252 e. The van der Waals surface area contributed by atoms with Gasteiger partial charge in [-0.25, -0.2) is 0 Å². The molecule has 1 rings (SSSR count). The summed E-state index contributed by atoms with van der Waals surface area (Å²) in [7, 11) is 0. The first-order chi connectivity index (χ1) is 7.75. The summed E-state index contributed by atoms with van der Waals surface area (Å²) in [5, 5.41) is 2.83. The Labute approximate surface area is 102 Å². The van der Waals surface area contributed by atoms with Crippen LogP contribution in [0.5, 0.6) is 0 Å². The molecule has 0 fully saturated rings. The van der Waals surface area contributed by atoms with Crippen LogP contribution in [0.3, 0.4) is 0 Å². The van der Waals surface area contributed by atoms with Crippen LogP contribution in [-0.2, 0) is 4.74 Å². The first kappa shape index (κ1) is 13.1. The van der Waals surface area contributed by atoms with Gasteiger partial charge in [-0.1, -0.05) is 12.1 Å². The highest BCUT2D eigenvalue weighted by atomic mass is 32.1. The van der Waals surface area contributed by atoms with Crippen molar-refractivity contribution in [3.63, 3.8) is 0 Å². The van der Waals surface area contributed by atoms with Gasteiger partial charge in [0.1, 0.15) is 0 Å². The zero-order valence-electron chi connectivity index (χ0n) is 9.40. The summed E-state index contributed by atoms with van der Waals surface area (Å²) < 4.78 is 5.18. The topological polar surface area (TPSA) is 38.3 Å². The zero-order chi connectivity index (χ0) is 11.8. The fraction of sp³-hybridized carbons (Fsp3) is 0.417. The quantitative estimate of drug-likeness (QED) is 0.589. The van der Waals surface area contributed by atoms with Crippen molar-refractivity contribution in [3.05, 3.63) is 29.8 Å². The van der Waals surface area contributed by atoms with Gasteiger partial charge in [-0.2, -0.15) is 0 Å². The minimum atomic E-state index is -0.0814. The number of hydrogen-bond acceptors (Lipinski definition) is 3. The second-order valence-corrected chi connectivity index (χ2v) is 3.81. The summed E-state index contributed by atoms with van der Waals surface area (Å²) in [6.45, 7) is 3.98. The highest BCUT2D eigenvalue weighted by molar-refractivity contribution is 7.80. The summed E-state index contributed by atoms with van der Waals surface area (Å²) in [6.07, 6.45) is 0.828. The van der Waals surface area contributed by atoms with Crippen molar-refractivity contribution < 1.29 is 9.53 Å². The lowest BCUT2D eigenvalue weighted by Crippen LogP contribution is -2.25. The molecule has 1 aromatic carbocycles. The third-order valence-electron chi connectivity index (χ3n) is 2.10. The molecule has 0 unspecified atom stereocenters. The van der Waals surface area contributed by atoms with Crippen molar-refractivity contribution in [1.29, 1.82) is 0 Å². The van der Waals surface area contributed by atoms with Gasteiger partial charge in [-0.15, -0.1) is 12.6 Å². The molecular weight excluding hydrogens is 222 g/mol. The highest BCUT2D eigenvalue weighted by Crippen LogP contribution is 2.12. The van der Waals surface area contributed by atoms with E-state index in [1.54, 1.807) is 12.1 Å². The smallest absolute Gasteiger partial charge is 0.252 e. The molecule has 16 heavy (non-hydrogen) atoms. The van der Waals surface area contributed by atoms with Crippen LogP contribution in [0.2, 0.25) is 0 Å². The van der Waals surface area contributed by atoms with Crippen LogP contribution in [0, 0.1) is 0 Å². The molecule has 3 nitrogen and oxygen atoms in total. The standard InChI is InChI=1S/C12H17NO2S/c1-2-15-9-5-8-13-12(14)10-6-3-4-7-11(10)16/h3-4,6-7,16H,2,5,8-9H2,1H3,(H,13,14). The molecule has 0 saturated carbocycles. The second-order valence-electron chi connectivity index (χ2n) is 3.32. The normalized spacial score (nSPS) is 10.1. The fourth-order valence-electron chi connectivity index (χ4n) is 1.28. The number of carbonyl (C=O) groups is 1. The lowest BCUT2D eigenvalue weighted by atomic mass is 10.2. The molecule has 0 radical (unpaired) electrons. The van der Waals surface area contributed by atoms with Crippen LogP contribution in [-0.4, -0.2) is 25.7 Å². The van der Waals surface area contributed by atoms with Gasteiger partial charge in [0.05, 0.1) is 5.56 Å². The number of benzene rings is 1. The van der Waals surface area contributed by atoms with Crippen molar-refractivity contribution in [3.8, 4) is 0 Å². The van der Waals surface area contributed by atoms with Crippen LogP contribution in [0.15, 0.2) is 29.2 Å². The molecule has 0 saturated heterocycles. The van der Waals surface area contributed by atoms with Crippen LogP contribution in [0.25, 0.3) is 0 Å². The third kappa shape index (κ3) is 4.24. The second kappa shape index (κ2) is 7.30. The predicted octanol–water partition coefficient (Wildman–Crippen LogP) is 2.13. The molecule has 0 atom stereocenters. The Bertz CT molecular complexity index is 342. The van der Waals surface area contributed by atoms with Crippen molar-refractivity contribution in [1.82, 2.24) is 5.32 Å². The molecule has 4 heteroatoms. The molecule has 0 aliphatic carbocycles. The molecule has 1 amide bonds. The van der Waals surface area contributed by atoms with Gasteiger partial charge >= 0.3 is 0 Å². The fourth-order valence-corrected chi connectivity index (χ4v) is 1.54.